The van der Waals surface area contributed by atoms with E-state index in [2.05, 4.69) is 53.3 Å². The van der Waals surface area contributed by atoms with Gasteiger partial charge in [0.15, 0.2) is 0 Å². The molecule has 2 aromatic rings. The van der Waals surface area contributed by atoms with Crippen molar-refractivity contribution >= 4 is 38.9 Å². The maximum atomic E-state index is 12.3. The summed E-state index contributed by atoms with van der Waals surface area (Å²) in [7, 11) is 0. The highest BCUT2D eigenvalue weighted by Gasteiger charge is 2.26. The van der Waals surface area contributed by atoms with E-state index in [1.165, 1.54) is 11.1 Å². The number of hydrogen-bond donors (Lipinski definition) is 1. The predicted octanol–water partition coefficient (Wildman–Crippen LogP) is 4.65. The lowest BCUT2D eigenvalue weighted by atomic mass is 10.0. The molecule has 1 heterocycles. The second-order valence-electron chi connectivity index (χ2n) is 5.24. The number of para-hydroxylation sites is 1. The van der Waals surface area contributed by atoms with Crippen molar-refractivity contribution in [3.63, 3.8) is 0 Å². The molecule has 2 aromatic carbocycles. The molecule has 0 saturated carbocycles. The van der Waals surface area contributed by atoms with Crippen molar-refractivity contribution in [3.05, 3.63) is 57.6 Å². The van der Waals surface area contributed by atoms with Crippen LogP contribution in [0.3, 0.4) is 0 Å². The molecule has 0 saturated heterocycles. The molecular formula is C18H17BrN2O. The number of benzene rings is 2. The molecule has 0 atom stereocenters. The van der Waals surface area contributed by atoms with Crippen LogP contribution in [0.1, 0.15) is 30.5 Å². The molecule has 112 valence electrons. The highest BCUT2D eigenvalue weighted by Crippen LogP contribution is 2.31. The van der Waals surface area contributed by atoms with Gasteiger partial charge in [0, 0.05) is 10.0 Å². The van der Waals surface area contributed by atoms with Gasteiger partial charge >= 0.3 is 0 Å². The molecule has 1 N–H and O–H groups in total. The van der Waals surface area contributed by atoms with E-state index in [9.17, 15) is 4.79 Å². The Morgan fingerprint density at radius 3 is 2.41 bits per heavy atom. The lowest BCUT2D eigenvalue weighted by Crippen LogP contribution is -2.14. The number of fused-ring (bicyclic) bond motifs is 1. The number of nitrogens with one attached hydrogen (secondary N) is 1. The largest absolute Gasteiger partial charge is 0.320 e. The number of amides is 1. The average Bonchev–Trinajstić information content (AvgIpc) is 2.83. The van der Waals surface area contributed by atoms with Gasteiger partial charge in [0.1, 0.15) is 5.71 Å². The minimum Gasteiger partial charge on any atom is -0.320 e. The Labute approximate surface area is 138 Å². The Kier molecular flexibility index (Phi) is 4.12. The fourth-order valence-electron chi connectivity index (χ4n) is 2.71. The number of halogens is 1. The van der Waals surface area contributed by atoms with Gasteiger partial charge < -0.3 is 5.32 Å². The van der Waals surface area contributed by atoms with E-state index in [4.69, 9.17) is 4.99 Å². The van der Waals surface area contributed by atoms with Crippen LogP contribution in [0, 0.1) is 0 Å². The summed E-state index contributed by atoms with van der Waals surface area (Å²) >= 11 is 3.46. The van der Waals surface area contributed by atoms with Crippen molar-refractivity contribution in [1.29, 1.82) is 0 Å². The van der Waals surface area contributed by atoms with Crippen molar-refractivity contribution in [2.24, 2.45) is 4.99 Å². The Bertz CT molecular complexity index is 758. The van der Waals surface area contributed by atoms with Gasteiger partial charge in [-0.15, -0.1) is 0 Å². The molecular weight excluding hydrogens is 340 g/mol. The highest BCUT2D eigenvalue weighted by atomic mass is 79.9. The minimum atomic E-state index is -0.138. The van der Waals surface area contributed by atoms with E-state index in [0.29, 0.717) is 5.71 Å². The molecule has 1 aliphatic rings. The Hall–Kier alpha value is -1.94. The third-order valence-corrected chi connectivity index (χ3v) is 4.38. The molecule has 0 bridgehead atoms. The minimum absolute atomic E-state index is 0.138. The number of anilines is 1. The molecule has 1 amide bonds. The van der Waals surface area contributed by atoms with Gasteiger partial charge in [-0.3, -0.25) is 4.79 Å². The first-order valence-electron chi connectivity index (χ1n) is 7.44. The normalized spacial score (nSPS) is 15.0. The smallest absolute Gasteiger partial charge is 0.275 e. The number of aliphatic imine (C=N–C) groups is 1. The van der Waals surface area contributed by atoms with Crippen molar-refractivity contribution in [2.75, 3.05) is 5.32 Å². The van der Waals surface area contributed by atoms with Crippen LogP contribution < -0.4 is 5.32 Å². The molecule has 0 aliphatic carbocycles. The molecule has 0 spiro atoms. The zero-order chi connectivity index (χ0) is 15.7. The average molecular weight is 357 g/mol. The Morgan fingerprint density at radius 1 is 1.09 bits per heavy atom. The molecule has 22 heavy (non-hydrogen) atoms. The van der Waals surface area contributed by atoms with Crippen LogP contribution in [0.2, 0.25) is 0 Å². The molecule has 0 aromatic heterocycles. The van der Waals surface area contributed by atoms with E-state index < -0.39 is 0 Å². The maximum absolute atomic E-state index is 12.3. The molecule has 3 nitrogen and oxygen atoms in total. The number of aryl methyl sites for hydroxylation is 2. The standard InChI is InChI=1S/C18H17BrN2O/c1-3-11-6-5-7-12(4-2)16(11)21-17-14-10-13(19)8-9-15(14)20-18(17)22/h5-10H,3-4H2,1-2H3,(H,20,21,22). The first-order valence-corrected chi connectivity index (χ1v) is 8.24. The Morgan fingerprint density at radius 2 is 1.77 bits per heavy atom. The van der Waals surface area contributed by atoms with Crippen LogP contribution in [0.25, 0.3) is 0 Å². The number of hydrogen-bond acceptors (Lipinski definition) is 2. The molecule has 0 fully saturated rings. The van der Waals surface area contributed by atoms with E-state index in [1.807, 2.05) is 18.2 Å². The Balaban J connectivity index is 2.18. The van der Waals surface area contributed by atoms with E-state index in [-0.39, 0.29) is 5.91 Å². The van der Waals surface area contributed by atoms with Crippen molar-refractivity contribution < 1.29 is 4.79 Å². The molecule has 0 unspecified atom stereocenters. The van der Waals surface area contributed by atoms with Crippen LogP contribution in [0.15, 0.2) is 45.9 Å². The van der Waals surface area contributed by atoms with Gasteiger partial charge in [-0.05, 0) is 42.2 Å². The van der Waals surface area contributed by atoms with Gasteiger partial charge in [-0.25, -0.2) is 4.99 Å². The van der Waals surface area contributed by atoms with Crippen molar-refractivity contribution in [1.82, 2.24) is 0 Å². The zero-order valence-electron chi connectivity index (χ0n) is 12.6. The summed E-state index contributed by atoms with van der Waals surface area (Å²) in [5, 5.41) is 2.88. The van der Waals surface area contributed by atoms with E-state index in [1.54, 1.807) is 0 Å². The summed E-state index contributed by atoms with van der Waals surface area (Å²) in [6.07, 6.45) is 1.79. The number of rotatable bonds is 3. The van der Waals surface area contributed by atoms with Crippen molar-refractivity contribution in [3.8, 4) is 0 Å². The maximum Gasteiger partial charge on any atom is 0.275 e. The monoisotopic (exact) mass is 356 g/mol. The highest BCUT2D eigenvalue weighted by molar-refractivity contribution is 9.10. The second-order valence-corrected chi connectivity index (χ2v) is 6.15. The summed E-state index contributed by atoms with van der Waals surface area (Å²) in [5.41, 5.74) is 5.44. The fraction of sp³-hybridized carbons (Fsp3) is 0.222. The number of carbonyl (C=O) groups excluding carboxylic acids is 1. The topological polar surface area (TPSA) is 41.5 Å². The van der Waals surface area contributed by atoms with E-state index >= 15 is 0 Å². The van der Waals surface area contributed by atoms with Gasteiger partial charge in [-0.2, -0.15) is 0 Å². The van der Waals surface area contributed by atoms with Gasteiger partial charge in [0.2, 0.25) is 0 Å². The summed E-state index contributed by atoms with van der Waals surface area (Å²) in [5.74, 6) is -0.138. The lowest BCUT2D eigenvalue weighted by molar-refractivity contribution is -0.110. The van der Waals surface area contributed by atoms with Gasteiger partial charge in [0.25, 0.3) is 5.91 Å². The van der Waals surface area contributed by atoms with Gasteiger partial charge in [0.05, 0.1) is 11.4 Å². The van der Waals surface area contributed by atoms with Gasteiger partial charge in [-0.1, -0.05) is 48.0 Å². The summed E-state index contributed by atoms with van der Waals surface area (Å²) in [4.78, 5) is 17.0. The molecule has 0 radical (unpaired) electrons. The second kappa shape index (κ2) is 6.05. The van der Waals surface area contributed by atoms with Crippen LogP contribution in [-0.4, -0.2) is 11.6 Å². The lowest BCUT2D eigenvalue weighted by Gasteiger charge is -2.09. The quantitative estimate of drug-likeness (QED) is 0.854. The zero-order valence-corrected chi connectivity index (χ0v) is 14.2. The third-order valence-electron chi connectivity index (χ3n) is 3.89. The number of carbonyl (C=O) groups is 1. The van der Waals surface area contributed by atoms with Crippen LogP contribution >= 0.6 is 15.9 Å². The number of nitrogens with zero attached hydrogens (tertiary/aromatic N) is 1. The van der Waals surface area contributed by atoms with Crippen LogP contribution in [0.5, 0.6) is 0 Å². The molecule has 1 aliphatic heterocycles. The summed E-state index contributed by atoms with van der Waals surface area (Å²) < 4.78 is 0.940. The van der Waals surface area contributed by atoms with Crippen LogP contribution in [-0.2, 0) is 17.6 Å². The first-order chi connectivity index (χ1) is 10.6. The molecule has 3 rings (SSSR count). The molecule has 4 heteroatoms. The predicted molar refractivity (Wildman–Crippen MR) is 94.2 cm³/mol. The SMILES string of the molecule is CCc1cccc(CC)c1N=C1C(=O)Nc2ccc(Br)cc21. The van der Waals surface area contributed by atoms with E-state index in [0.717, 1.165) is 34.3 Å². The fourth-order valence-corrected chi connectivity index (χ4v) is 3.07. The summed E-state index contributed by atoms with van der Waals surface area (Å²) in [6.45, 7) is 4.22. The summed E-state index contributed by atoms with van der Waals surface area (Å²) in [6, 6.07) is 12.0. The third kappa shape index (κ3) is 2.59. The first kappa shape index (κ1) is 15.0. The van der Waals surface area contributed by atoms with Crippen LogP contribution in [0.4, 0.5) is 11.4 Å². The van der Waals surface area contributed by atoms with Crippen molar-refractivity contribution in [2.45, 2.75) is 26.7 Å².